The summed E-state index contributed by atoms with van der Waals surface area (Å²) in [6.45, 7) is 5.57. The molecule has 0 radical (unpaired) electrons. The van der Waals surface area contributed by atoms with E-state index in [1.807, 2.05) is 45.0 Å². The summed E-state index contributed by atoms with van der Waals surface area (Å²) >= 11 is 9.03. The summed E-state index contributed by atoms with van der Waals surface area (Å²) in [5.41, 5.74) is 0.607. The van der Waals surface area contributed by atoms with Gasteiger partial charge in [0.2, 0.25) is 11.0 Å². The molecule has 112 valence electrons. The number of benzene rings is 1. The number of carbonyl (C=O) groups is 1. The molecule has 7 heteroatoms. The summed E-state index contributed by atoms with van der Waals surface area (Å²) in [4.78, 5) is 11.9. The molecule has 0 saturated heterocycles. The van der Waals surface area contributed by atoms with Crippen molar-refractivity contribution >= 4 is 45.7 Å². The van der Waals surface area contributed by atoms with E-state index in [1.54, 1.807) is 11.8 Å². The van der Waals surface area contributed by atoms with Gasteiger partial charge in [0, 0.05) is 16.2 Å². The average Bonchev–Trinajstić information content (AvgIpc) is 2.84. The van der Waals surface area contributed by atoms with E-state index in [2.05, 4.69) is 15.5 Å². The molecule has 0 bridgehead atoms. The summed E-state index contributed by atoms with van der Waals surface area (Å²) in [5.74, 6) is 0.655. The normalized spacial score (nSPS) is 11.4. The van der Waals surface area contributed by atoms with Gasteiger partial charge >= 0.3 is 0 Å². The van der Waals surface area contributed by atoms with E-state index >= 15 is 0 Å². The number of rotatable bonds is 4. The van der Waals surface area contributed by atoms with Gasteiger partial charge in [0.15, 0.2) is 4.34 Å². The van der Waals surface area contributed by atoms with Gasteiger partial charge in [-0.1, -0.05) is 73.7 Å². The standard InChI is InChI=1S/C14H16ClN3OS2/c1-14(2,3)11(19)16-12-17-18-13(21-12)20-8-9-6-4-5-7-10(9)15/h4-7H,8H2,1-3H3,(H,16,17,19). The first-order valence-corrected chi connectivity index (χ1v) is 8.55. The fraction of sp³-hybridized carbons (Fsp3) is 0.357. The van der Waals surface area contributed by atoms with Crippen molar-refractivity contribution < 1.29 is 4.79 Å². The molecule has 2 rings (SSSR count). The lowest BCUT2D eigenvalue weighted by Gasteiger charge is -2.15. The van der Waals surface area contributed by atoms with Crippen molar-refractivity contribution in [2.45, 2.75) is 30.9 Å². The van der Waals surface area contributed by atoms with Gasteiger partial charge in [-0.3, -0.25) is 4.79 Å². The van der Waals surface area contributed by atoms with Crippen molar-refractivity contribution in [3.63, 3.8) is 0 Å². The van der Waals surface area contributed by atoms with Crippen LogP contribution in [0.3, 0.4) is 0 Å². The maximum atomic E-state index is 11.9. The molecule has 0 aliphatic heterocycles. The number of nitrogens with zero attached hydrogens (tertiary/aromatic N) is 2. The Balaban J connectivity index is 1.95. The van der Waals surface area contributed by atoms with Crippen LogP contribution in [0, 0.1) is 5.41 Å². The number of amides is 1. The first-order valence-electron chi connectivity index (χ1n) is 6.37. The number of anilines is 1. The predicted molar refractivity (Wildman–Crippen MR) is 89.0 cm³/mol. The minimum atomic E-state index is -0.448. The minimum Gasteiger partial charge on any atom is -0.300 e. The van der Waals surface area contributed by atoms with Crippen LogP contribution < -0.4 is 5.32 Å². The van der Waals surface area contributed by atoms with Crippen LogP contribution >= 0.6 is 34.7 Å². The van der Waals surface area contributed by atoms with E-state index in [1.165, 1.54) is 11.3 Å². The van der Waals surface area contributed by atoms with E-state index in [9.17, 15) is 4.79 Å². The third-order valence-electron chi connectivity index (χ3n) is 2.62. The molecule has 4 nitrogen and oxygen atoms in total. The summed E-state index contributed by atoms with van der Waals surface area (Å²) in [6, 6.07) is 7.71. The lowest BCUT2D eigenvalue weighted by molar-refractivity contribution is -0.123. The third-order valence-corrected chi connectivity index (χ3v) is 5.01. The van der Waals surface area contributed by atoms with Gasteiger partial charge in [-0.15, -0.1) is 10.2 Å². The maximum absolute atomic E-state index is 11.9. The quantitative estimate of drug-likeness (QED) is 0.658. The second-order valence-electron chi connectivity index (χ2n) is 5.46. The van der Waals surface area contributed by atoms with Gasteiger partial charge in [0.05, 0.1) is 0 Å². The highest BCUT2D eigenvalue weighted by Gasteiger charge is 2.22. The highest BCUT2D eigenvalue weighted by atomic mass is 35.5. The van der Waals surface area contributed by atoms with E-state index in [0.717, 1.165) is 20.7 Å². The van der Waals surface area contributed by atoms with Crippen LogP contribution in [-0.2, 0) is 10.5 Å². The topological polar surface area (TPSA) is 54.9 Å². The van der Waals surface area contributed by atoms with Gasteiger partial charge in [0.25, 0.3) is 0 Å². The summed E-state index contributed by atoms with van der Waals surface area (Å²) in [7, 11) is 0. The molecule has 1 amide bonds. The van der Waals surface area contributed by atoms with E-state index in [4.69, 9.17) is 11.6 Å². The van der Waals surface area contributed by atoms with Crippen LogP contribution in [0.1, 0.15) is 26.3 Å². The molecule has 0 saturated carbocycles. The molecule has 1 aromatic carbocycles. The number of hydrogen-bond acceptors (Lipinski definition) is 5. The van der Waals surface area contributed by atoms with Crippen LogP contribution in [0.4, 0.5) is 5.13 Å². The van der Waals surface area contributed by atoms with Crippen LogP contribution in [0.25, 0.3) is 0 Å². The van der Waals surface area contributed by atoms with Gasteiger partial charge < -0.3 is 5.32 Å². The zero-order chi connectivity index (χ0) is 15.5. The zero-order valence-electron chi connectivity index (χ0n) is 12.0. The van der Waals surface area contributed by atoms with Gasteiger partial charge in [-0.25, -0.2) is 0 Å². The maximum Gasteiger partial charge on any atom is 0.231 e. The fourth-order valence-electron chi connectivity index (χ4n) is 1.36. The monoisotopic (exact) mass is 341 g/mol. The molecule has 0 aliphatic rings. The van der Waals surface area contributed by atoms with Crippen LogP contribution in [0.15, 0.2) is 28.6 Å². The highest BCUT2D eigenvalue weighted by molar-refractivity contribution is 8.00. The van der Waals surface area contributed by atoms with Crippen molar-refractivity contribution in [1.82, 2.24) is 10.2 Å². The fourth-order valence-corrected chi connectivity index (χ4v) is 3.39. The van der Waals surface area contributed by atoms with Gasteiger partial charge in [-0.05, 0) is 11.6 Å². The minimum absolute atomic E-state index is 0.0682. The Morgan fingerprint density at radius 2 is 2.05 bits per heavy atom. The third kappa shape index (κ3) is 4.69. The molecule has 2 aromatic rings. The van der Waals surface area contributed by atoms with Gasteiger partial charge in [-0.2, -0.15) is 0 Å². The summed E-state index contributed by atoms with van der Waals surface area (Å²) in [5, 5.41) is 12.1. The molecule has 1 heterocycles. The molecule has 0 fully saturated rings. The van der Waals surface area contributed by atoms with Crippen molar-refractivity contribution in [2.24, 2.45) is 5.41 Å². The lowest BCUT2D eigenvalue weighted by Crippen LogP contribution is -2.27. The number of nitrogens with one attached hydrogen (secondary N) is 1. The number of aromatic nitrogens is 2. The molecular formula is C14H16ClN3OS2. The molecular weight excluding hydrogens is 326 g/mol. The van der Waals surface area contributed by atoms with Crippen LogP contribution in [0.2, 0.25) is 5.02 Å². The Hall–Kier alpha value is -1.11. The smallest absolute Gasteiger partial charge is 0.231 e. The molecule has 0 atom stereocenters. The first kappa shape index (κ1) is 16.3. The molecule has 21 heavy (non-hydrogen) atoms. The van der Waals surface area contributed by atoms with E-state index in [0.29, 0.717) is 5.13 Å². The Morgan fingerprint density at radius 1 is 1.33 bits per heavy atom. The molecule has 0 unspecified atom stereocenters. The average molecular weight is 342 g/mol. The lowest BCUT2D eigenvalue weighted by atomic mass is 9.96. The molecule has 0 aliphatic carbocycles. The van der Waals surface area contributed by atoms with Gasteiger partial charge in [0.1, 0.15) is 0 Å². The van der Waals surface area contributed by atoms with Crippen molar-refractivity contribution in [3.8, 4) is 0 Å². The highest BCUT2D eigenvalue weighted by Crippen LogP contribution is 2.30. The molecule has 0 spiro atoms. The number of hydrogen-bond donors (Lipinski definition) is 1. The SMILES string of the molecule is CC(C)(C)C(=O)Nc1nnc(SCc2ccccc2Cl)s1. The first-order chi connectivity index (χ1) is 9.86. The number of thioether (sulfide) groups is 1. The summed E-state index contributed by atoms with van der Waals surface area (Å²) in [6.07, 6.45) is 0. The van der Waals surface area contributed by atoms with Crippen LogP contribution in [0.5, 0.6) is 0 Å². The van der Waals surface area contributed by atoms with E-state index in [-0.39, 0.29) is 5.91 Å². The number of halogens is 1. The Morgan fingerprint density at radius 3 is 2.71 bits per heavy atom. The molecule has 1 aromatic heterocycles. The largest absolute Gasteiger partial charge is 0.300 e. The van der Waals surface area contributed by atoms with Crippen molar-refractivity contribution in [3.05, 3.63) is 34.9 Å². The second kappa shape index (κ2) is 6.77. The Bertz CT molecular complexity index is 637. The Labute approximate surface area is 137 Å². The molecule has 1 N–H and O–H groups in total. The predicted octanol–water partition coefficient (Wildman–Crippen LogP) is 4.47. The van der Waals surface area contributed by atoms with E-state index < -0.39 is 5.41 Å². The zero-order valence-corrected chi connectivity index (χ0v) is 14.4. The van der Waals surface area contributed by atoms with Crippen molar-refractivity contribution in [2.75, 3.05) is 5.32 Å². The number of carbonyl (C=O) groups excluding carboxylic acids is 1. The van der Waals surface area contributed by atoms with Crippen LogP contribution in [-0.4, -0.2) is 16.1 Å². The Kier molecular flexibility index (Phi) is 5.24. The summed E-state index contributed by atoms with van der Waals surface area (Å²) < 4.78 is 0.805. The van der Waals surface area contributed by atoms with Crippen molar-refractivity contribution in [1.29, 1.82) is 0 Å². The second-order valence-corrected chi connectivity index (χ2v) is 8.06.